The van der Waals surface area contributed by atoms with E-state index in [1.165, 1.54) is 11.1 Å². The predicted molar refractivity (Wildman–Crippen MR) is 46.8 cm³/mol. The fourth-order valence-electron chi connectivity index (χ4n) is 1.94. The second-order valence-electron chi connectivity index (χ2n) is 3.67. The van der Waals surface area contributed by atoms with Crippen LogP contribution < -0.4 is 0 Å². The van der Waals surface area contributed by atoms with Gasteiger partial charge in [-0.15, -0.1) is 0 Å². The number of aromatic nitrogens is 1. The third kappa shape index (κ3) is 0.797. The topological polar surface area (TPSA) is 39.6 Å². The van der Waals surface area contributed by atoms with E-state index >= 15 is 0 Å². The van der Waals surface area contributed by atoms with Gasteiger partial charge < -0.3 is 4.98 Å². The number of hydrogen-bond donors (Lipinski definition) is 1. The van der Waals surface area contributed by atoms with Gasteiger partial charge in [0.1, 0.15) is 0 Å². The van der Waals surface area contributed by atoms with Crippen molar-refractivity contribution in [1.82, 2.24) is 4.98 Å². The Morgan fingerprint density at radius 3 is 2.50 bits per heavy atom. The summed E-state index contributed by atoms with van der Waals surface area (Å²) < 4.78 is 0. The highest BCUT2D eigenvalue weighted by atomic mass is 14.7. The molecule has 2 heteroatoms. The van der Waals surface area contributed by atoms with E-state index in [0.29, 0.717) is 0 Å². The van der Waals surface area contributed by atoms with Crippen LogP contribution in [0.25, 0.3) is 0 Å². The molecule has 0 radical (unpaired) electrons. The van der Waals surface area contributed by atoms with E-state index in [1.54, 1.807) is 0 Å². The molecular weight excluding hydrogens is 148 g/mol. The van der Waals surface area contributed by atoms with Gasteiger partial charge >= 0.3 is 0 Å². The van der Waals surface area contributed by atoms with Gasteiger partial charge in [-0.3, -0.25) is 0 Å². The van der Waals surface area contributed by atoms with Gasteiger partial charge in [0.25, 0.3) is 0 Å². The van der Waals surface area contributed by atoms with E-state index in [0.717, 1.165) is 18.5 Å². The van der Waals surface area contributed by atoms with Crippen LogP contribution in [-0.2, 0) is 5.41 Å². The minimum atomic E-state index is -0.131. The third-order valence-electron chi connectivity index (χ3n) is 2.72. The minimum Gasteiger partial charge on any atom is -0.365 e. The zero-order chi connectivity index (χ0) is 8.77. The zero-order valence-electron chi connectivity index (χ0n) is 7.44. The number of H-pyrrole nitrogens is 1. The fourth-order valence-corrected chi connectivity index (χ4v) is 1.94. The molecule has 1 aliphatic carbocycles. The Morgan fingerprint density at radius 1 is 1.50 bits per heavy atom. The van der Waals surface area contributed by atoms with E-state index < -0.39 is 0 Å². The van der Waals surface area contributed by atoms with Crippen molar-refractivity contribution in [2.24, 2.45) is 0 Å². The monoisotopic (exact) mass is 160 g/mol. The molecule has 0 saturated heterocycles. The van der Waals surface area contributed by atoms with Crippen molar-refractivity contribution in [2.45, 2.75) is 32.1 Å². The second-order valence-corrected chi connectivity index (χ2v) is 3.67. The summed E-state index contributed by atoms with van der Waals surface area (Å²) in [5, 5.41) is 9.01. The van der Waals surface area contributed by atoms with E-state index in [4.69, 9.17) is 5.26 Å². The molecule has 2 nitrogen and oxygen atoms in total. The quantitative estimate of drug-likeness (QED) is 0.672. The lowest BCUT2D eigenvalue weighted by Gasteiger charge is -2.06. The van der Waals surface area contributed by atoms with Crippen molar-refractivity contribution >= 4 is 0 Å². The molecule has 12 heavy (non-hydrogen) atoms. The molecule has 0 amide bonds. The maximum atomic E-state index is 9.01. The first-order valence-electron chi connectivity index (χ1n) is 4.26. The van der Waals surface area contributed by atoms with Crippen LogP contribution in [0.5, 0.6) is 0 Å². The minimum absolute atomic E-state index is 0.131. The molecule has 1 saturated carbocycles. The van der Waals surface area contributed by atoms with Crippen molar-refractivity contribution < 1.29 is 0 Å². The average Bonchev–Trinajstić information content (AvgIpc) is 2.77. The Balaban J connectivity index is 2.54. The summed E-state index contributed by atoms with van der Waals surface area (Å²) in [5.41, 5.74) is 3.50. The molecule has 1 aromatic heterocycles. The molecule has 0 atom stereocenters. The number of aromatic amines is 1. The molecule has 1 aromatic rings. The molecule has 0 aromatic carbocycles. The van der Waals surface area contributed by atoms with E-state index in [2.05, 4.69) is 18.0 Å². The largest absolute Gasteiger partial charge is 0.365 e. The summed E-state index contributed by atoms with van der Waals surface area (Å²) in [6, 6.07) is 2.42. The van der Waals surface area contributed by atoms with Crippen LogP contribution in [0.2, 0.25) is 0 Å². The molecule has 0 bridgehead atoms. The molecule has 1 fully saturated rings. The Kier molecular flexibility index (Phi) is 1.32. The SMILES string of the molecule is Cc1c[nH]c(C)c1C1(C#N)CC1. The van der Waals surface area contributed by atoms with Gasteiger partial charge in [-0.25, -0.2) is 0 Å². The number of nitriles is 1. The van der Waals surface area contributed by atoms with Crippen LogP contribution in [0.4, 0.5) is 0 Å². The van der Waals surface area contributed by atoms with E-state index in [9.17, 15) is 0 Å². The standard InChI is InChI=1S/C10H12N2/c1-7-5-12-8(2)9(7)10(6-11)3-4-10/h5,12H,3-4H2,1-2H3. The van der Waals surface area contributed by atoms with Crippen LogP contribution in [0.3, 0.4) is 0 Å². The van der Waals surface area contributed by atoms with E-state index in [-0.39, 0.29) is 5.41 Å². The lowest BCUT2D eigenvalue weighted by Crippen LogP contribution is -2.04. The Hall–Kier alpha value is -1.23. The highest BCUT2D eigenvalue weighted by molar-refractivity contribution is 5.46. The fraction of sp³-hybridized carbons (Fsp3) is 0.500. The summed E-state index contributed by atoms with van der Waals surface area (Å²) in [7, 11) is 0. The second kappa shape index (κ2) is 2.13. The van der Waals surface area contributed by atoms with Gasteiger partial charge in [-0.1, -0.05) is 0 Å². The molecule has 1 N–H and O–H groups in total. The molecule has 0 aliphatic heterocycles. The smallest absolute Gasteiger partial charge is 0.0843 e. The first-order valence-corrected chi connectivity index (χ1v) is 4.26. The molecule has 0 spiro atoms. The Morgan fingerprint density at radius 2 is 2.17 bits per heavy atom. The maximum Gasteiger partial charge on any atom is 0.0843 e. The van der Waals surface area contributed by atoms with Crippen molar-refractivity contribution in [3.63, 3.8) is 0 Å². The van der Waals surface area contributed by atoms with Gasteiger partial charge in [0.2, 0.25) is 0 Å². The Labute approximate surface area is 72.2 Å². The van der Waals surface area contributed by atoms with Crippen LogP contribution in [0, 0.1) is 25.2 Å². The van der Waals surface area contributed by atoms with Gasteiger partial charge in [0.05, 0.1) is 11.5 Å². The molecule has 2 rings (SSSR count). The number of aryl methyl sites for hydroxylation is 2. The summed E-state index contributed by atoms with van der Waals surface area (Å²) in [6.07, 6.45) is 4.05. The summed E-state index contributed by atoms with van der Waals surface area (Å²) >= 11 is 0. The number of nitrogens with one attached hydrogen (secondary N) is 1. The summed E-state index contributed by atoms with van der Waals surface area (Å²) in [5.74, 6) is 0. The number of hydrogen-bond acceptors (Lipinski definition) is 1. The van der Waals surface area contributed by atoms with Crippen molar-refractivity contribution in [2.75, 3.05) is 0 Å². The van der Waals surface area contributed by atoms with Crippen LogP contribution in [0.15, 0.2) is 6.20 Å². The van der Waals surface area contributed by atoms with Gasteiger partial charge in [-0.05, 0) is 37.8 Å². The molecule has 1 heterocycles. The summed E-state index contributed by atoms with van der Waals surface area (Å²) in [6.45, 7) is 4.11. The predicted octanol–water partition coefficient (Wildman–Crippen LogP) is 2.19. The zero-order valence-corrected chi connectivity index (χ0v) is 7.44. The van der Waals surface area contributed by atoms with Crippen molar-refractivity contribution in [3.05, 3.63) is 23.0 Å². The summed E-state index contributed by atoms with van der Waals surface area (Å²) in [4.78, 5) is 3.17. The molecule has 62 valence electrons. The first-order chi connectivity index (χ1) is 5.69. The maximum absolute atomic E-state index is 9.01. The van der Waals surface area contributed by atoms with Crippen molar-refractivity contribution in [1.29, 1.82) is 5.26 Å². The van der Waals surface area contributed by atoms with Gasteiger partial charge in [0, 0.05) is 11.9 Å². The van der Waals surface area contributed by atoms with Gasteiger partial charge in [0.15, 0.2) is 0 Å². The lowest BCUT2D eigenvalue weighted by molar-refractivity contribution is 0.886. The number of rotatable bonds is 1. The molecule has 0 unspecified atom stereocenters. The highest BCUT2D eigenvalue weighted by Gasteiger charge is 2.47. The first kappa shape index (κ1) is 7.42. The van der Waals surface area contributed by atoms with Crippen LogP contribution in [0.1, 0.15) is 29.7 Å². The lowest BCUT2D eigenvalue weighted by atomic mass is 9.95. The van der Waals surface area contributed by atoms with Crippen LogP contribution in [-0.4, -0.2) is 4.98 Å². The van der Waals surface area contributed by atoms with Crippen molar-refractivity contribution in [3.8, 4) is 6.07 Å². The van der Waals surface area contributed by atoms with Gasteiger partial charge in [-0.2, -0.15) is 5.26 Å². The van der Waals surface area contributed by atoms with Crippen LogP contribution >= 0.6 is 0 Å². The van der Waals surface area contributed by atoms with E-state index in [1.807, 2.05) is 13.1 Å². The average molecular weight is 160 g/mol. The Bertz CT molecular complexity index is 331. The number of nitrogens with zero attached hydrogens (tertiary/aromatic N) is 1. The molecule has 1 aliphatic rings. The molecular formula is C10H12N2. The normalized spacial score (nSPS) is 18.8. The third-order valence-corrected chi connectivity index (χ3v) is 2.72. The highest BCUT2D eigenvalue weighted by Crippen LogP contribution is 2.49.